The van der Waals surface area contributed by atoms with Gasteiger partial charge in [-0.1, -0.05) is 0 Å². The number of aliphatic imine (C=N–C) groups is 1. The van der Waals surface area contributed by atoms with Crippen molar-refractivity contribution >= 4 is 21.7 Å². The molecule has 0 aliphatic carbocycles. The second-order valence-corrected chi connectivity index (χ2v) is 4.02. The van der Waals surface area contributed by atoms with E-state index in [0.717, 1.165) is 0 Å². The smallest absolute Gasteiger partial charge is 0.862 e. The summed E-state index contributed by atoms with van der Waals surface area (Å²) in [4.78, 5) is 3.35. The van der Waals surface area contributed by atoms with Gasteiger partial charge in [0.05, 0.1) is 10.6 Å². The Morgan fingerprint density at radius 1 is 1.33 bits per heavy atom. The Bertz CT molecular complexity index is 448. The summed E-state index contributed by atoms with van der Waals surface area (Å²) in [7, 11) is -4.17. The van der Waals surface area contributed by atoms with Crippen molar-refractivity contribution in [3.8, 4) is 0 Å². The summed E-state index contributed by atoms with van der Waals surface area (Å²) in [6.45, 7) is 1.29. The summed E-state index contributed by atoms with van der Waals surface area (Å²) in [6.07, 6.45) is 0. The first-order chi connectivity index (χ1) is 6.39. The summed E-state index contributed by atoms with van der Waals surface area (Å²) in [5.74, 6) is -0.371. The molecule has 0 amide bonds. The first-order valence-electron chi connectivity index (χ1n) is 3.69. The zero-order valence-electron chi connectivity index (χ0n) is 8.34. The van der Waals surface area contributed by atoms with E-state index >= 15 is 0 Å². The number of benzene rings is 1. The van der Waals surface area contributed by atoms with Crippen molar-refractivity contribution in [3.05, 3.63) is 24.3 Å². The van der Waals surface area contributed by atoms with E-state index in [4.69, 9.17) is 4.55 Å². The standard InChI is InChI=1S/C8H9NO4S.Na/c1-6(10)9-7-2-4-8(5-3-7)14(11,12)13;/h2-5H,1H3,(H,9,10)(H,11,12,13);/q;+1/p-1. The zero-order chi connectivity index (χ0) is 10.8. The first-order valence-corrected chi connectivity index (χ1v) is 5.13. The number of nitrogens with zero attached hydrogens (tertiary/aromatic N) is 1. The van der Waals surface area contributed by atoms with Crippen molar-refractivity contribution in [2.75, 3.05) is 0 Å². The molecule has 0 unspecified atom stereocenters. The summed E-state index contributed by atoms with van der Waals surface area (Å²) < 4.78 is 29.9. The van der Waals surface area contributed by atoms with Crippen LogP contribution in [0.1, 0.15) is 6.92 Å². The molecule has 0 saturated carbocycles. The zero-order valence-corrected chi connectivity index (χ0v) is 11.2. The third-order valence-corrected chi connectivity index (χ3v) is 2.29. The molecule has 0 saturated heterocycles. The Labute approximate surface area is 110 Å². The minimum atomic E-state index is -4.17. The van der Waals surface area contributed by atoms with Gasteiger partial charge in [0.2, 0.25) is 0 Å². The number of rotatable bonds is 2. The van der Waals surface area contributed by atoms with Gasteiger partial charge in [0.25, 0.3) is 10.1 Å². The fourth-order valence-electron chi connectivity index (χ4n) is 0.874. The molecule has 0 aromatic heterocycles. The van der Waals surface area contributed by atoms with E-state index < -0.39 is 10.1 Å². The molecule has 0 aliphatic heterocycles. The molecule has 0 heterocycles. The monoisotopic (exact) mass is 237 g/mol. The van der Waals surface area contributed by atoms with Crippen LogP contribution in [0.4, 0.5) is 5.69 Å². The fourth-order valence-corrected chi connectivity index (χ4v) is 1.35. The molecule has 0 aliphatic rings. The van der Waals surface area contributed by atoms with Crippen molar-refractivity contribution in [1.29, 1.82) is 0 Å². The van der Waals surface area contributed by atoms with Gasteiger partial charge >= 0.3 is 29.6 Å². The molecular weight excluding hydrogens is 229 g/mol. The molecule has 7 heteroatoms. The Morgan fingerprint density at radius 2 is 1.80 bits per heavy atom. The van der Waals surface area contributed by atoms with Crippen LogP contribution in [0.3, 0.4) is 0 Å². The Kier molecular flexibility index (Phi) is 5.47. The van der Waals surface area contributed by atoms with E-state index in [0.29, 0.717) is 5.69 Å². The van der Waals surface area contributed by atoms with Crippen LogP contribution in [0.5, 0.6) is 0 Å². The van der Waals surface area contributed by atoms with Crippen LogP contribution in [-0.2, 0) is 10.1 Å². The molecule has 1 aromatic rings. The third kappa shape index (κ3) is 4.76. The Hall–Kier alpha value is -0.400. The third-order valence-electron chi connectivity index (χ3n) is 1.42. The van der Waals surface area contributed by atoms with Crippen molar-refractivity contribution in [2.45, 2.75) is 11.8 Å². The van der Waals surface area contributed by atoms with Crippen molar-refractivity contribution in [3.63, 3.8) is 0 Å². The van der Waals surface area contributed by atoms with Crippen LogP contribution in [0.25, 0.3) is 0 Å². The van der Waals surface area contributed by atoms with E-state index in [2.05, 4.69) is 4.99 Å². The van der Waals surface area contributed by atoms with E-state index in [1.807, 2.05) is 0 Å². The predicted octanol–water partition coefficient (Wildman–Crippen LogP) is -2.65. The van der Waals surface area contributed by atoms with Gasteiger partial charge in [-0.3, -0.25) is 9.55 Å². The quantitative estimate of drug-likeness (QED) is 0.263. The Balaban J connectivity index is 0.00000196. The molecule has 0 fully saturated rings. The van der Waals surface area contributed by atoms with Crippen LogP contribution in [0.2, 0.25) is 0 Å². The molecule has 1 rings (SSSR count). The second kappa shape index (κ2) is 5.62. The average molecular weight is 237 g/mol. The van der Waals surface area contributed by atoms with Gasteiger partial charge in [-0.2, -0.15) is 8.42 Å². The van der Waals surface area contributed by atoms with Crippen LogP contribution in [-0.4, -0.2) is 18.9 Å². The van der Waals surface area contributed by atoms with Crippen molar-refractivity contribution in [2.24, 2.45) is 4.99 Å². The molecular formula is C8H8NNaO4S. The molecule has 0 spiro atoms. The molecule has 1 N–H and O–H groups in total. The maximum Gasteiger partial charge on any atom is 1.00 e. The van der Waals surface area contributed by atoms with Crippen LogP contribution in [0, 0.1) is 0 Å². The van der Waals surface area contributed by atoms with Gasteiger partial charge in [0, 0.05) is 0 Å². The molecule has 1 aromatic carbocycles. The van der Waals surface area contributed by atoms with Crippen LogP contribution >= 0.6 is 0 Å². The van der Waals surface area contributed by atoms with Gasteiger partial charge in [-0.05, 0) is 37.1 Å². The molecule has 0 atom stereocenters. The molecule has 5 nitrogen and oxygen atoms in total. The van der Waals surface area contributed by atoms with Gasteiger partial charge in [-0.25, -0.2) is 0 Å². The normalized spacial score (nSPS) is 12.0. The molecule has 15 heavy (non-hydrogen) atoms. The van der Waals surface area contributed by atoms with Crippen LogP contribution < -0.4 is 34.7 Å². The molecule has 0 radical (unpaired) electrons. The average Bonchev–Trinajstić information content (AvgIpc) is 2.02. The number of hydrogen-bond donors (Lipinski definition) is 1. The largest absolute Gasteiger partial charge is 1.00 e. The van der Waals surface area contributed by atoms with Gasteiger partial charge in [0.15, 0.2) is 0 Å². The fraction of sp³-hybridized carbons (Fsp3) is 0.125. The summed E-state index contributed by atoms with van der Waals surface area (Å²) in [6, 6.07) is 5.03. The number of hydrogen-bond acceptors (Lipinski definition) is 4. The minimum Gasteiger partial charge on any atom is -0.862 e. The van der Waals surface area contributed by atoms with Crippen molar-refractivity contribution in [1.82, 2.24) is 0 Å². The summed E-state index contributed by atoms with van der Waals surface area (Å²) in [5, 5.41) is 10.6. The minimum absolute atomic E-state index is 0. The summed E-state index contributed by atoms with van der Waals surface area (Å²) >= 11 is 0. The summed E-state index contributed by atoms with van der Waals surface area (Å²) in [5.41, 5.74) is 0.352. The molecule has 0 bridgehead atoms. The SMILES string of the molecule is CC([O-])=Nc1ccc(S(=O)(=O)O)cc1.[Na+]. The van der Waals surface area contributed by atoms with Crippen molar-refractivity contribution < 1.29 is 47.6 Å². The maximum atomic E-state index is 10.6. The second-order valence-electron chi connectivity index (χ2n) is 2.60. The molecule has 76 valence electrons. The maximum absolute atomic E-state index is 10.6. The van der Waals surface area contributed by atoms with Crippen LogP contribution in [0.15, 0.2) is 34.2 Å². The van der Waals surface area contributed by atoms with Gasteiger partial charge in [-0.15, -0.1) is 0 Å². The van der Waals surface area contributed by atoms with Gasteiger partial charge in [0.1, 0.15) is 0 Å². The van der Waals surface area contributed by atoms with E-state index in [1.54, 1.807) is 0 Å². The van der Waals surface area contributed by atoms with Gasteiger partial charge < -0.3 is 5.11 Å². The Morgan fingerprint density at radius 3 is 2.13 bits per heavy atom. The van der Waals surface area contributed by atoms with E-state index in [1.165, 1.54) is 31.2 Å². The van der Waals surface area contributed by atoms with E-state index in [9.17, 15) is 13.5 Å². The first kappa shape index (κ1) is 14.6. The predicted molar refractivity (Wildman–Crippen MR) is 49.0 cm³/mol. The van der Waals surface area contributed by atoms with E-state index in [-0.39, 0.29) is 40.4 Å². The topological polar surface area (TPSA) is 89.8 Å².